The number of aromatic hydroxyl groups is 1. The van der Waals surface area contributed by atoms with Crippen LogP contribution in [-0.2, 0) is 9.53 Å². The number of hydrogen-bond acceptors (Lipinski definition) is 5. The van der Waals surface area contributed by atoms with Crippen LogP contribution in [0.25, 0.3) is 0 Å². The molecule has 1 aromatic rings. The van der Waals surface area contributed by atoms with Crippen molar-refractivity contribution in [1.29, 1.82) is 5.26 Å². The second kappa shape index (κ2) is 9.68. The molecule has 0 atom stereocenters. The molecule has 20 heavy (non-hydrogen) atoms. The number of phenolic OH excluding ortho intramolecular Hbond substituents is 1. The number of ether oxygens (including phenoxy) is 1. The highest BCUT2D eigenvalue weighted by molar-refractivity contribution is 5.69. The van der Waals surface area contributed by atoms with Crippen molar-refractivity contribution in [3.63, 3.8) is 0 Å². The molecule has 2 N–H and O–H groups in total. The van der Waals surface area contributed by atoms with E-state index >= 15 is 0 Å². The van der Waals surface area contributed by atoms with Crippen LogP contribution >= 0.6 is 0 Å². The van der Waals surface area contributed by atoms with E-state index in [1.165, 1.54) is 0 Å². The Kier molecular flexibility index (Phi) is 8.60. The molecular weight excluding hydrogens is 256 g/mol. The van der Waals surface area contributed by atoms with Gasteiger partial charge >= 0.3 is 5.97 Å². The number of benzene rings is 1. The van der Waals surface area contributed by atoms with E-state index in [-0.39, 0.29) is 17.8 Å². The Bertz CT molecular complexity index is 465. The molecule has 0 saturated carbocycles. The average molecular weight is 278 g/mol. The van der Waals surface area contributed by atoms with E-state index in [9.17, 15) is 9.90 Å². The second-order valence-corrected chi connectivity index (χ2v) is 4.24. The van der Waals surface area contributed by atoms with Gasteiger partial charge in [0.05, 0.1) is 17.4 Å². The highest BCUT2D eigenvalue weighted by Gasteiger charge is 2.03. The Morgan fingerprint density at radius 3 is 2.50 bits per heavy atom. The van der Waals surface area contributed by atoms with Gasteiger partial charge in [0.1, 0.15) is 6.07 Å². The summed E-state index contributed by atoms with van der Waals surface area (Å²) >= 11 is 0. The van der Waals surface area contributed by atoms with Gasteiger partial charge in [0, 0.05) is 13.0 Å². The number of nitriles is 1. The van der Waals surface area contributed by atoms with Crippen molar-refractivity contribution in [3.8, 4) is 11.8 Å². The van der Waals surface area contributed by atoms with Crippen LogP contribution in [0.4, 0.5) is 5.69 Å². The topological polar surface area (TPSA) is 82.3 Å². The summed E-state index contributed by atoms with van der Waals surface area (Å²) in [4.78, 5) is 10.4. The van der Waals surface area contributed by atoms with Gasteiger partial charge in [0.15, 0.2) is 5.75 Å². The van der Waals surface area contributed by atoms with Crippen molar-refractivity contribution >= 4 is 11.7 Å². The summed E-state index contributed by atoms with van der Waals surface area (Å²) < 4.78 is 4.76. The van der Waals surface area contributed by atoms with Gasteiger partial charge in [-0.05, 0) is 32.9 Å². The minimum absolute atomic E-state index is 0.0295. The number of anilines is 1. The zero-order chi connectivity index (χ0) is 15.5. The number of esters is 1. The molecule has 110 valence electrons. The minimum Gasteiger partial charge on any atom is -0.504 e. The molecule has 0 aliphatic carbocycles. The fourth-order valence-electron chi connectivity index (χ4n) is 1.31. The monoisotopic (exact) mass is 278 g/mol. The smallest absolute Gasteiger partial charge is 0.305 e. The van der Waals surface area contributed by atoms with E-state index in [1.807, 2.05) is 26.8 Å². The molecule has 0 saturated heterocycles. The summed E-state index contributed by atoms with van der Waals surface area (Å²) in [5, 5.41) is 21.0. The van der Waals surface area contributed by atoms with Crippen molar-refractivity contribution in [3.05, 3.63) is 23.8 Å². The molecule has 5 nitrogen and oxygen atoms in total. The molecule has 0 aromatic heterocycles. The van der Waals surface area contributed by atoms with Gasteiger partial charge in [0.25, 0.3) is 0 Å². The van der Waals surface area contributed by atoms with Gasteiger partial charge in [-0.1, -0.05) is 13.0 Å². The summed E-state index contributed by atoms with van der Waals surface area (Å²) in [6.45, 7) is 8.12. The first-order valence-electron chi connectivity index (χ1n) is 6.61. The minimum atomic E-state index is -0.125. The van der Waals surface area contributed by atoms with Crippen LogP contribution in [0.5, 0.6) is 5.75 Å². The average Bonchev–Trinajstić information content (AvgIpc) is 2.41. The van der Waals surface area contributed by atoms with Crippen LogP contribution in [0.3, 0.4) is 0 Å². The van der Waals surface area contributed by atoms with Crippen LogP contribution in [0.15, 0.2) is 18.2 Å². The number of para-hydroxylation sites is 1. The predicted octanol–water partition coefficient (Wildman–Crippen LogP) is 3.04. The van der Waals surface area contributed by atoms with E-state index < -0.39 is 0 Å². The van der Waals surface area contributed by atoms with Gasteiger partial charge in [-0.15, -0.1) is 0 Å². The lowest BCUT2D eigenvalue weighted by Gasteiger charge is -2.05. The molecule has 0 bridgehead atoms. The van der Waals surface area contributed by atoms with Crippen LogP contribution in [-0.4, -0.2) is 23.7 Å². The standard InChI is InChI=1S/C9H10N2O.C6H12O2/c1-2-11-8-5-3-4-7(6-10)9(8)12;1-4-6(7)8-5(2)3/h3-5,11-12H,2H2,1H3;5H,4H2,1-3H3. The number of carbonyl (C=O) groups excluding carboxylic acids is 1. The molecule has 1 rings (SSSR count). The zero-order valence-corrected chi connectivity index (χ0v) is 12.4. The van der Waals surface area contributed by atoms with Gasteiger partial charge in [-0.25, -0.2) is 0 Å². The fraction of sp³-hybridized carbons (Fsp3) is 0.467. The first kappa shape index (κ1) is 17.8. The number of nitrogens with zero attached hydrogens (tertiary/aromatic N) is 1. The van der Waals surface area contributed by atoms with Crippen LogP contribution in [0.2, 0.25) is 0 Å². The van der Waals surface area contributed by atoms with E-state index in [1.54, 1.807) is 25.1 Å². The SMILES string of the molecule is CCC(=O)OC(C)C.CCNc1cccc(C#N)c1O. The summed E-state index contributed by atoms with van der Waals surface area (Å²) in [7, 11) is 0. The van der Waals surface area contributed by atoms with Crippen molar-refractivity contribution in [2.75, 3.05) is 11.9 Å². The van der Waals surface area contributed by atoms with Crippen LogP contribution in [0.1, 0.15) is 39.7 Å². The first-order valence-corrected chi connectivity index (χ1v) is 6.61. The maximum absolute atomic E-state index is 10.4. The molecular formula is C15H22N2O3. The Hall–Kier alpha value is -2.22. The number of phenols is 1. The summed E-state index contributed by atoms with van der Waals surface area (Å²) in [5.74, 6) is -0.0955. The maximum atomic E-state index is 10.4. The maximum Gasteiger partial charge on any atom is 0.305 e. The largest absolute Gasteiger partial charge is 0.504 e. The van der Waals surface area contributed by atoms with Gasteiger partial charge in [-0.3, -0.25) is 4.79 Å². The quantitative estimate of drug-likeness (QED) is 0.653. The molecule has 0 amide bonds. The first-order chi connectivity index (χ1) is 9.46. The molecule has 1 aromatic carbocycles. The van der Waals surface area contributed by atoms with E-state index in [0.29, 0.717) is 17.7 Å². The number of nitrogens with one attached hydrogen (secondary N) is 1. The van der Waals surface area contributed by atoms with E-state index in [2.05, 4.69) is 5.32 Å². The van der Waals surface area contributed by atoms with Crippen molar-refractivity contribution in [2.24, 2.45) is 0 Å². The van der Waals surface area contributed by atoms with Crippen molar-refractivity contribution < 1.29 is 14.6 Å². The third-order valence-electron chi connectivity index (χ3n) is 2.18. The Morgan fingerprint density at radius 2 is 2.10 bits per heavy atom. The van der Waals surface area contributed by atoms with E-state index in [4.69, 9.17) is 10.00 Å². The Labute approximate surface area is 120 Å². The van der Waals surface area contributed by atoms with Crippen molar-refractivity contribution in [1.82, 2.24) is 0 Å². The second-order valence-electron chi connectivity index (χ2n) is 4.24. The van der Waals surface area contributed by atoms with Gasteiger partial charge in [-0.2, -0.15) is 5.26 Å². The Balaban J connectivity index is 0.000000396. The van der Waals surface area contributed by atoms with Crippen LogP contribution < -0.4 is 5.32 Å². The highest BCUT2D eigenvalue weighted by atomic mass is 16.5. The predicted molar refractivity (Wildman–Crippen MR) is 78.5 cm³/mol. The number of hydrogen-bond donors (Lipinski definition) is 2. The Morgan fingerprint density at radius 1 is 1.45 bits per heavy atom. The molecule has 0 radical (unpaired) electrons. The molecule has 0 unspecified atom stereocenters. The van der Waals surface area contributed by atoms with Gasteiger partial charge in [0.2, 0.25) is 0 Å². The molecule has 0 heterocycles. The fourth-order valence-corrected chi connectivity index (χ4v) is 1.31. The summed E-state index contributed by atoms with van der Waals surface area (Å²) in [6.07, 6.45) is 0.500. The van der Waals surface area contributed by atoms with E-state index in [0.717, 1.165) is 6.54 Å². The lowest BCUT2D eigenvalue weighted by molar-refractivity contribution is -0.146. The molecule has 0 aliphatic rings. The highest BCUT2D eigenvalue weighted by Crippen LogP contribution is 2.26. The third kappa shape index (κ3) is 6.64. The molecule has 0 fully saturated rings. The van der Waals surface area contributed by atoms with Crippen LogP contribution in [0, 0.1) is 11.3 Å². The molecule has 5 heteroatoms. The lowest BCUT2D eigenvalue weighted by atomic mass is 10.2. The molecule has 0 spiro atoms. The number of rotatable bonds is 4. The summed E-state index contributed by atoms with van der Waals surface area (Å²) in [5.41, 5.74) is 0.907. The number of carbonyl (C=O) groups is 1. The zero-order valence-electron chi connectivity index (χ0n) is 12.4. The normalized spacial score (nSPS) is 9.20. The third-order valence-corrected chi connectivity index (χ3v) is 2.18. The lowest BCUT2D eigenvalue weighted by Crippen LogP contribution is -2.09. The van der Waals surface area contributed by atoms with Crippen molar-refractivity contribution in [2.45, 2.75) is 40.2 Å². The molecule has 0 aliphatic heterocycles. The van der Waals surface area contributed by atoms with Gasteiger partial charge < -0.3 is 15.2 Å². The summed E-state index contributed by atoms with van der Waals surface area (Å²) in [6, 6.07) is 6.95.